The standard InChI is InChI=1S/C18H22N4O3/c1-12-6-8-14(9-7-12)17-20-18(25-21-17)13(2)19-15(23)11-22-10-4-3-5-16(22)24/h6-9,13H,3-5,10-11H2,1-2H3,(H,19,23). The molecule has 1 aliphatic rings. The van der Waals surface area contributed by atoms with Gasteiger partial charge in [-0.3, -0.25) is 9.59 Å². The Morgan fingerprint density at radius 3 is 2.80 bits per heavy atom. The van der Waals surface area contributed by atoms with Crippen molar-refractivity contribution in [1.29, 1.82) is 0 Å². The maximum Gasteiger partial charge on any atom is 0.249 e. The average molecular weight is 342 g/mol. The highest BCUT2D eigenvalue weighted by atomic mass is 16.5. The predicted molar refractivity (Wildman–Crippen MR) is 91.5 cm³/mol. The van der Waals surface area contributed by atoms with Gasteiger partial charge in [0.15, 0.2) is 0 Å². The van der Waals surface area contributed by atoms with E-state index in [1.54, 1.807) is 11.8 Å². The zero-order valence-electron chi connectivity index (χ0n) is 14.5. The minimum Gasteiger partial charge on any atom is -0.343 e. The Morgan fingerprint density at radius 1 is 1.32 bits per heavy atom. The number of aryl methyl sites for hydroxylation is 1. The molecule has 25 heavy (non-hydrogen) atoms. The molecule has 2 amide bonds. The molecular weight excluding hydrogens is 320 g/mol. The third kappa shape index (κ3) is 4.23. The average Bonchev–Trinajstić information content (AvgIpc) is 3.08. The van der Waals surface area contributed by atoms with Gasteiger partial charge in [-0.15, -0.1) is 0 Å². The van der Waals surface area contributed by atoms with E-state index in [2.05, 4.69) is 15.5 Å². The third-order valence-corrected chi connectivity index (χ3v) is 4.26. The summed E-state index contributed by atoms with van der Waals surface area (Å²) in [5, 5.41) is 6.78. The molecule has 0 radical (unpaired) electrons. The van der Waals surface area contributed by atoms with Crippen LogP contribution in [0, 0.1) is 6.92 Å². The van der Waals surface area contributed by atoms with Crippen LogP contribution < -0.4 is 5.32 Å². The van der Waals surface area contributed by atoms with Gasteiger partial charge in [0.05, 0.1) is 6.54 Å². The highest BCUT2D eigenvalue weighted by Crippen LogP contribution is 2.19. The molecule has 1 aliphatic heterocycles. The van der Waals surface area contributed by atoms with Crippen molar-refractivity contribution >= 4 is 11.8 Å². The van der Waals surface area contributed by atoms with Crippen molar-refractivity contribution in [1.82, 2.24) is 20.4 Å². The summed E-state index contributed by atoms with van der Waals surface area (Å²) in [5.41, 5.74) is 2.01. The summed E-state index contributed by atoms with van der Waals surface area (Å²) in [4.78, 5) is 29.9. The smallest absolute Gasteiger partial charge is 0.249 e. The van der Waals surface area contributed by atoms with E-state index in [9.17, 15) is 9.59 Å². The second-order valence-corrected chi connectivity index (χ2v) is 6.38. The molecule has 0 aliphatic carbocycles. The molecule has 132 valence electrons. The fourth-order valence-electron chi connectivity index (χ4n) is 2.78. The SMILES string of the molecule is Cc1ccc(-c2noc(C(C)NC(=O)CN3CCCCC3=O)n2)cc1. The summed E-state index contributed by atoms with van der Waals surface area (Å²) < 4.78 is 5.27. The Labute approximate surface area is 146 Å². The van der Waals surface area contributed by atoms with Gasteiger partial charge in [-0.1, -0.05) is 35.0 Å². The number of piperidine rings is 1. The fraction of sp³-hybridized carbons (Fsp3) is 0.444. The van der Waals surface area contributed by atoms with Crippen molar-refractivity contribution < 1.29 is 14.1 Å². The number of amides is 2. The largest absolute Gasteiger partial charge is 0.343 e. The second-order valence-electron chi connectivity index (χ2n) is 6.38. The Bertz CT molecular complexity index is 754. The summed E-state index contributed by atoms with van der Waals surface area (Å²) in [7, 11) is 0. The zero-order chi connectivity index (χ0) is 17.8. The zero-order valence-corrected chi connectivity index (χ0v) is 14.5. The third-order valence-electron chi connectivity index (χ3n) is 4.26. The number of aromatic nitrogens is 2. The Hall–Kier alpha value is -2.70. The molecule has 0 saturated carbocycles. The molecule has 2 aromatic rings. The Kier molecular flexibility index (Phi) is 5.11. The first-order valence-corrected chi connectivity index (χ1v) is 8.51. The van der Waals surface area contributed by atoms with Gasteiger partial charge in [0.2, 0.25) is 23.5 Å². The molecule has 2 heterocycles. The first kappa shape index (κ1) is 17.1. The highest BCUT2D eigenvalue weighted by molar-refractivity contribution is 5.85. The van der Waals surface area contributed by atoms with E-state index in [0.29, 0.717) is 24.7 Å². The molecule has 1 saturated heterocycles. The van der Waals surface area contributed by atoms with E-state index in [0.717, 1.165) is 24.0 Å². The van der Waals surface area contributed by atoms with E-state index in [-0.39, 0.29) is 18.4 Å². The van der Waals surface area contributed by atoms with Crippen molar-refractivity contribution in [3.63, 3.8) is 0 Å². The lowest BCUT2D eigenvalue weighted by molar-refractivity contribution is -0.138. The number of nitrogens with zero attached hydrogens (tertiary/aromatic N) is 3. The van der Waals surface area contributed by atoms with Crippen LogP contribution in [0.15, 0.2) is 28.8 Å². The van der Waals surface area contributed by atoms with Crippen LogP contribution in [0.5, 0.6) is 0 Å². The van der Waals surface area contributed by atoms with Crippen LogP contribution in [0.2, 0.25) is 0 Å². The number of carbonyl (C=O) groups is 2. The van der Waals surface area contributed by atoms with E-state index < -0.39 is 6.04 Å². The maximum absolute atomic E-state index is 12.2. The number of hydrogen-bond donors (Lipinski definition) is 1. The molecular formula is C18H22N4O3. The molecule has 1 aromatic heterocycles. The fourth-order valence-corrected chi connectivity index (χ4v) is 2.78. The molecule has 1 unspecified atom stereocenters. The number of rotatable bonds is 5. The molecule has 1 atom stereocenters. The van der Waals surface area contributed by atoms with E-state index in [1.165, 1.54) is 0 Å². The lowest BCUT2D eigenvalue weighted by atomic mass is 10.1. The van der Waals surface area contributed by atoms with Crippen molar-refractivity contribution in [2.75, 3.05) is 13.1 Å². The van der Waals surface area contributed by atoms with Crippen molar-refractivity contribution in [2.45, 2.75) is 39.2 Å². The van der Waals surface area contributed by atoms with Crippen LogP contribution in [0.4, 0.5) is 0 Å². The molecule has 0 spiro atoms. The van der Waals surface area contributed by atoms with E-state index >= 15 is 0 Å². The predicted octanol–water partition coefficient (Wildman–Crippen LogP) is 2.23. The number of hydrogen-bond acceptors (Lipinski definition) is 5. The maximum atomic E-state index is 12.2. The number of carbonyl (C=O) groups excluding carboxylic acids is 2. The van der Waals surface area contributed by atoms with Crippen molar-refractivity contribution in [3.05, 3.63) is 35.7 Å². The van der Waals surface area contributed by atoms with Crippen LogP contribution >= 0.6 is 0 Å². The first-order valence-electron chi connectivity index (χ1n) is 8.51. The number of likely N-dealkylation sites (tertiary alicyclic amines) is 1. The molecule has 1 fully saturated rings. The highest BCUT2D eigenvalue weighted by Gasteiger charge is 2.23. The van der Waals surface area contributed by atoms with Crippen LogP contribution in [-0.4, -0.2) is 39.9 Å². The van der Waals surface area contributed by atoms with Crippen molar-refractivity contribution in [3.8, 4) is 11.4 Å². The Balaban J connectivity index is 1.59. The monoisotopic (exact) mass is 342 g/mol. The van der Waals surface area contributed by atoms with Gasteiger partial charge in [-0.2, -0.15) is 4.98 Å². The van der Waals surface area contributed by atoms with Gasteiger partial charge in [0, 0.05) is 18.5 Å². The van der Waals surface area contributed by atoms with E-state index in [4.69, 9.17) is 4.52 Å². The van der Waals surface area contributed by atoms with Gasteiger partial charge < -0.3 is 14.7 Å². The van der Waals surface area contributed by atoms with Crippen LogP contribution in [0.25, 0.3) is 11.4 Å². The summed E-state index contributed by atoms with van der Waals surface area (Å²) in [6.45, 7) is 4.50. The minimum absolute atomic E-state index is 0.0356. The number of nitrogens with one attached hydrogen (secondary N) is 1. The second kappa shape index (κ2) is 7.46. The quantitative estimate of drug-likeness (QED) is 0.900. The topological polar surface area (TPSA) is 88.3 Å². The van der Waals surface area contributed by atoms with Gasteiger partial charge in [-0.25, -0.2) is 0 Å². The summed E-state index contributed by atoms with van der Waals surface area (Å²) in [6.07, 6.45) is 2.36. The lowest BCUT2D eigenvalue weighted by Gasteiger charge is -2.26. The summed E-state index contributed by atoms with van der Waals surface area (Å²) in [5.74, 6) is 0.641. The summed E-state index contributed by atoms with van der Waals surface area (Å²) in [6, 6.07) is 7.39. The van der Waals surface area contributed by atoms with Gasteiger partial charge in [0.25, 0.3) is 0 Å². The molecule has 7 heteroatoms. The molecule has 1 aromatic carbocycles. The van der Waals surface area contributed by atoms with Gasteiger partial charge in [-0.05, 0) is 26.7 Å². The van der Waals surface area contributed by atoms with Crippen LogP contribution in [0.3, 0.4) is 0 Å². The van der Waals surface area contributed by atoms with Gasteiger partial charge in [0.1, 0.15) is 6.04 Å². The van der Waals surface area contributed by atoms with Crippen LogP contribution in [-0.2, 0) is 9.59 Å². The molecule has 3 rings (SSSR count). The van der Waals surface area contributed by atoms with Gasteiger partial charge >= 0.3 is 0 Å². The Morgan fingerprint density at radius 2 is 2.08 bits per heavy atom. The first-order chi connectivity index (χ1) is 12.0. The normalized spacial score (nSPS) is 15.9. The van der Waals surface area contributed by atoms with E-state index in [1.807, 2.05) is 31.2 Å². The molecule has 1 N–H and O–H groups in total. The van der Waals surface area contributed by atoms with Crippen LogP contribution in [0.1, 0.15) is 43.7 Å². The van der Waals surface area contributed by atoms with Crippen molar-refractivity contribution in [2.24, 2.45) is 0 Å². The lowest BCUT2D eigenvalue weighted by Crippen LogP contribution is -2.43. The number of benzene rings is 1. The molecule has 0 bridgehead atoms. The molecule has 7 nitrogen and oxygen atoms in total. The summed E-state index contributed by atoms with van der Waals surface area (Å²) >= 11 is 0. The minimum atomic E-state index is -0.418.